The number of aromatic amines is 1. The molecule has 3 heterocycles. The molecular formula is C16H18N6O. The SMILES string of the molecule is Cc1[nH]c(/C=C2/C(=O)NN=C2c2cncnc2)cc1CN(C)C. The van der Waals surface area contributed by atoms with E-state index in [0.717, 1.165) is 17.9 Å². The van der Waals surface area contributed by atoms with Gasteiger partial charge in [0, 0.05) is 35.9 Å². The zero-order chi connectivity index (χ0) is 16.4. The lowest BCUT2D eigenvalue weighted by Crippen LogP contribution is -2.13. The van der Waals surface area contributed by atoms with Crippen LogP contribution in [0.15, 0.2) is 35.5 Å². The summed E-state index contributed by atoms with van der Waals surface area (Å²) < 4.78 is 0. The third-order valence-corrected chi connectivity index (χ3v) is 3.53. The smallest absolute Gasteiger partial charge is 0.273 e. The van der Waals surface area contributed by atoms with Gasteiger partial charge in [0.15, 0.2) is 0 Å². The fraction of sp³-hybridized carbons (Fsp3) is 0.250. The number of rotatable bonds is 4. The maximum absolute atomic E-state index is 12.1. The minimum atomic E-state index is -0.231. The van der Waals surface area contributed by atoms with Crippen LogP contribution < -0.4 is 5.43 Å². The third-order valence-electron chi connectivity index (χ3n) is 3.53. The Kier molecular flexibility index (Phi) is 4.03. The number of nitrogens with zero attached hydrogens (tertiary/aromatic N) is 4. The Balaban J connectivity index is 1.94. The van der Waals surface area contributed by atoms with Crippen LogP contribution >= 0.6 is 0 Å². The van der Waals surface area contributed by atoms with Crippen molar-refractivity contribution in [1.29, 1.82) is 0 Å². The predicted octanol–water partition coefficient (Wildman–Crippen LogP) is 1.09. The molecular weight excluding hydrogens is 292 g/mol. The van der Waals surface area contributed by atoms with Crippen LogP contribution in [0.25, 0.3) is 6.08 Å². The molecule has 7 heteroatoms. The van der Waals surface area contributed by atoms with Gasteiger partial charge in [-0.3, -0.25) is 4.79 Å². The summed E-state index contributed by atoms with van der Waals surface area (Å²) in [5.41, 5.74) is 7.40. The highest BCUT2D eigenvalue weighted by Gasteiger charge is 2.24. The molecule has 0 aliphatic carbocycles. The first-order chi connectivity index (χ1) is 11.0. The first-order valence-corrected chi connectivity index (χ1v) is 7.23. The number of amides is 1. The Morgan fingerprint density at radius 3 is 2.70 bits per heavy atom. The van der Waals surface area contributed by atoms with E-state index in [1.807, 2.05) is 27.1 Å². The summed E-state index contributed by atoms with van der Waals surface area (Å²) in [5.74, 6) is -0.231. The second kappa shape index (κ2) is 6.13. The van der Waals surface area contributed by atoms with Crippen LogP contribution in [-0.2, 0) is 11.3 Å². The van der Waals surface area contributed by atoms with Crippen LogP contribution in [0.4, 0.5) is 0 Å². The number of carbonyl (C=O) groups is 1. The van der Waals surface area contributed by atoms with Crippen molar-refractivity contribution in [3.8, 4) is 0 Å². The molecule has 1 aliphatic rings. The maximum Gasteiger partial charge on any atom is 0.273 e. The van der Waals surface area contributed by atoms with Crippen LogP contribution in [0.3, 0.4) is 0 Å². The standard InChI is InChI=1S/C16H18N6O/c1-10-11(8-22(2)3)4-13(19-10)5-14-15(20-21-16(14)23)12-6-17-9-18-7-12/h4-7,9,19H,8H2,1-3H3,(H,21,23)/b14-5+. The van der Waals surface area contributed by atoms with Gasteiger partial charge >= 0.3 is 0 Å². The third kappa shape index (κ3) is 3.19. The molecule has 3 rings (SSSR count). The molecule has 2 N–H and O–H groups in total. The fourth-order valence-corrected chi connectivity index (χ4v) is 2.48. The van der Waals surface area contributed by atoms with Crippen molar-refractivity contribution in [2.75, 3.05) is 14.1 Å². The molecule has 0 aromatic carbocycles. The lowest BCUT2D eigenvalue weighted by Gasteiger charge is -2.07. The first kappa shape index (κ1) is 15.1. The Hall–Kier alpha value is -2.80. The van der Waals surface area contributed by atoms with Gasteiger partial charge in [-0.25, -0.2) is 15.4 Å². The number of hydrogen-bond donors (Lipinski definition) is 2. The van der Waals surface area contributed by atoms with Crippen LogP contribution in [-0.4, -0.2) is 45.6 Å². The largest absolute Gasteiger partial charge is 0.359 e. The lowest BCUT2D eigenvalue weighted by atomic mass is 10.0. The van der Waals surface area contributed by atoms with E-state index in [4.69, 9.17) is 0 Å². The van der Waals surface area contributed by atoms with Gasteiger partial charge in [-0.05, 0) is 38.7 Å². The highest BCUT2D eigenvalue weighted by Crippen LogP contribution is 2.19. The first-order valence-electron chi connectivity index (χ1n) is 7.23. The van der Waals surface area contributed by atoms with Crippen molar-refractivity contribution in [1.82, 2.24) is 25.3 Å². The van der Waals surface area contributed by atoms with Crippen molar-refractivity contribution >= 4 is 17.7 Å². The number of aryl methyl sites for hydroxylation is 1. The highest BCUT2D eigenvalue weighted by atomic mass is 16.2. The van der Waals surface area contributed by atoms with Gasteiger partial charge in [0.25, 0.3) is 5.91 Å². The number of aromatic nitrogens is 3. The van der Waals surface area contributed by atoms with E-state index in [-0.39, 0.29) is 5.91 Å². The normalized spacial score (nSPS) is 16.1. The zero-order valence-electron chi connectivity index (χ0n) is 13.3. The average molecular weight is 310 g/mol. The van der Waals surface area contributed by atoms with Crippen molar-refractivity contribution in [3.63, 3.8) is 0 Å². The lowest BCUT2D eigenvalue weighted by molar-refractivity contribution is -0.116. The quantitative estimate of drug-likeness (QED) is 0.828. The minimum absolute atomic E-state index is 0.231. The molecule has 1 amide bonds. The van der Waals surface area contributed by atoms with E-state index < -0.39 is 0 Å². The number of nitrogens with one attached hydrogen (secondary N) is 2. The molecule has 0 radical (unpaired) electrons. The van der Waals surface area contributed by atoms with Crippen molar-refractivity contribution < 1.29 is 4.79 Å². The number of hydrogen-bond acceptors (Lipinski definition) is 5. The fourth-order valence-electron chi connectivity index (χ4n) is 2.48. The van der Waals surface area contributed by atoms with Gasteiger partial charge in [-0.2, -0.15) is 5.10 Å². The topological polar surface area (TPSA) is 86.3 Å². The summed E-state index contributed by atoms with van der Waals surface area (Å²) >= 11 is 0. The molecule has 118 valence electrons. The molecule has 23 heavy (non-hydrogen) atoms. The van der Waals surface area contributed by atoms with E-state index in [0.29, 0.717) is 16.8 Å². The summed E-state index contributed by atoms with van der Waals surface area (Å²) in [7, 11) is 4.05. The van der Waals surface area contributed by atoms with Crippen molar-refractivity contribution in [3.05, 3.63) is 52.9 Å². The van der Waals surface area contributed by atoms with Crippen LogP contribution in [0.1, 0.15) is 22.5 Å². The molecule has 0 spiro atoms. The maximum atomic E-state index is 12.1. The minimum Gasteiger partial charge on any atom is -0.359 e. The summed E-state index contributed by atoms with van der Waals surface area (Å²) in [6.45, 7) is 2.86. The summed E-state index contributed by atoms with van der Waals surface area (Å²) in [6.07, 6.45) is 6.52. The predicted molar refractivity (Wildman–Crippen MR) is 87.6 cm³/mol. The van der Waals surface area contributed by atoms with Crippen molar-refractivity contribution in [2.24, 2.45) is 5.10 Å². The summed E-state index contributed by atoms with van der Waals surface area (Å²) in [4.78, 5) is 25.4. The zero-order valence-corrected chi connectivity index (χ0v) is 13.3. The van der Waals surface area contributed by atoms with E-state index >= 15 is 0 Å². The van der Waals surface area contributed by atoms with Crippen molar-refractivity contribution in [2.45, 2.75) is 13.5 Å². The van der Waals surface area contributed by atoms with Gasteiger partial charge in [0.05, 0.1) is 5.57 Å². The molecule has 1 aliphatic heterocycles. The second-order valence-electron chi connectivity index (χ2n) is 5.70. The van der Waals surface area contributed by atoms with E-state index in [1.165, 1.54) is 11.9 Å². The average Bonchev–Trinajstić information content (AvgIpc) is 3.04. The highest BCUT2D eigenvalue weighted by molar-refractivity contribution is 6.33. The van der Waals surface area contributed by atoms with Crippen LogP contribution in [0, 0.1) is 6.92 Å². The Morgan fingerprint density at radius 2 is 2.00 bits per heavy atom. The molecule has 2 aromatic rings. The van der Waals surface area contributed by atoms with E-state index in [9.17, 15) is 4.79 Å². The molecule has 0 fully saturated rings. The summed E-state index contributed by atoms with van der Waals surface area (Å²) in [6, 6.07) is 2.05. The second-order valence-corrected chi connectivity index (χ2v) is 5.70. The molecule has 0 bridgehead atoms. The Labute approximate surface area is 134 Å². The molecule has 0 atom stereocenters. The van der Waals surface area contributed by atoms with E-state index in [1.54, 1.807) is 18.5 Å². The van der Waals surface area contributed by atoms with Gasteiger partial charge in [0.1, 0.15) is 12.0 Å². The number of H-pyrrole nitrogens is 1. The molecule has 7 nitrogen and oxygen atoms in total. The summed E-state index contributed by atoms with van der Waals surface area (Å²) in [5, 5.41) is 4.09. The van der Waals surface area contributed by atoms with E-state index in [2.05, 4.69) is 30.4 Å². The van der Waals surface area contributed by atoms with Gasteiger partial charge < -0.3 is 9.88 Å². The van der Waals surface area contributed by atoms with Crippen LogP contribution in [0.5, 0.6) is 0 Å². The molecule has 0 saturated carbocycles. The van der Waals surface area contributed by atoms with Gasteiger partial charge in [-0.15, -0.1) is 0 Å². The monoisotopic (exact) mass is 310 g/mol. The van der Waals surface area contributed by atoms with Gasteiger partial charge in [0.2, 0.25) is 0 Å². The molecule has 0 saturated heterocycles. The number of carbonyl (C=O) groups excluding carboxylic acids is 1. The molecule has 0 unspecified atom stereocenters. The molecule has 2 aromatic heterocycles. The Bertz CT molecular complexity index is 788. The Morgan fingerprint density at radius 1 is 1.26 bits per heavy atom. The number of hydrazone groups is 1. The van der Waals surface area contributed by atoms with Gasteiger partial charge in [-0.1, -0.05) is 0 Å². The van der Waals surface area contributed by atoms with Crippen LogP contribution in [0.2, 0.25) is 0 Å².